The summed E-state index contributed by atoms with van der Waals surface area (Å²) < 4.78 is 4.66. The average Bonchev–Trinajstić information content (AvgIpc) is 3.31. The van der Waals surface area contributed by atoms with Crippen molar-refractivity contribution in [2.45, 2.75) is 38.6 Å². The molecule has 0 aliphatic heterocycles. The molecule has 1 fully saturated rings. The van der Waals surface area contributed by atoms with Crippen LogP contribution in [-0.4, -0.2) is 26.2 Å². The predicted molar refractivity (Wildman–Crippen MR) is 102 cm³/mol. The largest absolute Gasteiger partial charge is 0.364 e. The fourth-order valence-electron chi connectivity index (χ4n) is 3.94. The normalized spacial score (nSPS) is 15.0. The van der Waals surface area contributed by atoms with Crippen molar-refractivity contribution >= 4 is 39.1 Å². The van der Waals surface area contributed by atoms with Gasteiger partial charge in [0.15, 0.2) is 0 Å². The summed E-state index contributed by atoms with van der Waals surface area (Å²) in [5.41, 5.74) is 8.34. The number of fused-ring (bicyclic) bond motifs is 1. The lowest BCUT2D eigenvalue weighted by atomic mass is 10.2. The van der Waals surface area contributed by atoms with Crippen LogP contribution in [-0.2, 0) is 7.05 Å². The van der Waals surface area contributed by atoms with Gasteiger partial charge in [-0.1, -0.05) is 12.8 Å². The van der Waals surface area contributed by atoms with Crippen molar-refractivity contribution in [2.75, 3.05) is 5.32 Å². The summed E-state index contributed by atoms with van der Waals surface area (Å²) in [6.07, 6.45) is 4.53. The fourth-order valence-corrected chi connectivity index (χ4v) is 4.75. The highest BCUT2D eigenvalue weighted by Gasteiger charge is 2.27. The standard InChI is InChI=1S/C18H21N5O2S/c1-10-15(16(17(19)24)22(2)21-10)20-18(25)13-9-14-12(7-8-26-14)23(13)11-5-3-4-6-11/h7-9,11H,3-6H2,1-2H3,(H2,19,24)(H,20,25). The maximum atomic E-state index is 13.1. The number of nitrogens with two attached hydrogens (primary N) is 1. The van der Waals surface area contributed by atoms with Crippen molar-refractivity contribution in [2.24, 2.45) is 12.8 Å². The third-order valence-electron chi connectivity index (χ3n) is 5.08. The van der Waals surface area contributed by atoms with Crippen molar-refractivity contribution in [3.8, 4) is 0 Å². The van der Waals surface area contributed by atoms with Gasteiger partial charge >= 0.3 is 0 Å². The molecule has 7 nitrogen and oxygen atoms in total. The quantitative estimate of drug-likeness (QED) is 0.737. The van der Waals surface area contributed by atoms with E-state index in [9.17, 15) is 9.59 Å². The number of primary amides is 1. The molecule has 0 saturated heterocycles. The number of amides is 2. The Hall–Kier alpha value is -2.61. The number of nitrogens with zero attached hydrogens (tertiary/aromatic N) is 3. The van der Waals surface area contributed by atoms with Gasteiger partial charge in [0.25, 0.3) is 11.8 Å². The lowest BCUT2D eigenvalue weighted by Gasteiger charge is -2.17. The van der Waals surface area contributed by atoms with Gasteiger partial charge in [0.05, 0.1) is 21.6 Å². The molecular formula is C18H21N5O2S. The highest BCUT2D eigenvalue weighted by atomic mass is 32.1. The Morgan fingerprint density at radius 2 is 2.08 bits per heavy atom. The number of rotatable bonds is 4. The molecule has 4 rings (SSSR count). The van der Waals surface area contributed by atoms with Gasteiger partial charge < -0.3 is 15.6 Å². The van der Waals surface area contributed by atoms with Gasteiger partial charge in [-0.15, -0.1) is 11.3 Å². The number of anilines is 1. The van der Waals surface area contributed by atoms with E-state index in [4.69, 9.17) is 5.73 Å². The summed E-state index contributed by atoms with van der Waals surface area (Å²) in [5, 5.41) is 9.13. The number of aromatic nitrogens is 3. The highest BCUT2D eigenvalue weighted by Crippen LogP contribution is 2.36. The molecule has 3 aromatic heterocycles. The number of thiophene rings is 1. The van der Waals surface area contributed by atoms with E-state index < -0.39 is 5.91 Å². The molecule has 0 spiro atoms. The van der Waals surface area contributed by atoms with Crippen molar-refractivity contribution in [3.63, 3.8) is 0 Å². The van der Waals surface area contributed by atoms with E-state index in [2.05, 4.69) is 21.0 Å². The molecule has 1 saturated carbocycles. The average molecular weight is 371 g/mol. The minimum absolute atomic E-state index is 0.205. The molecule has 3 aromatic rings. The SMILES string of the molecule is Cc1nn(C)c(C(N)=O)c1NC(=O)c1cc2sccc2n1C1CCCC1. The number of hydrogen-bond acceptors (Lipinski definition) is 4. The Bertz CT molecular complexity index is 1010. The van der Waals surface area contributed by atoms with Crippen LogP contribution in [0.5, 0.6) is 0 Å². The zero-order valence-corrected chi connectivity index (χ0v) is 15.6. The fraction of sp³-hybridized carbons (Fsp3) is 0.389. The molecule has 136 valence electrons. The predicted octanol–water partition coefficient (Wildman–Crippen LogP) is 3.21. The second kappa shape index (κ2) is 6.28. The second-order valence-electron chi connectivity index (χ2n) is 6.76. The molecule has 1 aliphatic rings. The van der Waals surface area contributed by atoms with Gasteiger partial charge in [-0.2, -0.15) is 5.10 Å². The van der Waals surface area contributed by atoms with E-state index in [1.165, 1.54) is 17.5 Å². The smallest absolute Gasteiger partial charge is 0.272 e. The lowest BCUT2D eigenvalue weighted by molar-refractivity contribution is 0.0992. The molecule has 26 heavy (non-hydrogen) atoms. The van der Waals surface area contributed by atoms with Gasteiger partial charge in [-0.05, 0) is 37.3 Å². The van der Waals surface area contributed by atoms with Crippen LogP contribution in [0.2, 0.25) is 0 Å². The Morgan fingerprint density at radius 3 is 2.77 bits per heavy atom. The summed E-state index contributed by atoms with van der Waals surface area (Å²) in [7, 11) is 1.64. The summed E-state index contributed by atoms with van der Waals surface area (Å²) in [6.45, 7) is 1.75. The number of carbonyl (C=O) groups excluding carboxylic acids is 2. The molecule has 2 amide bonds. The summed E-state index contributed by atoms with van der Waals surface area (Å²) in [5.74, 6) is -0.852. The first-order chi connectivity index (χ1) is 12.5. The lowest BCUT2D eigenvalue weighted by Crippen LogP contribution is -2.22. The first-order valence-electron chi connectivity index (χ1n) is 8.70. The summed E-state index contributed by atoms with van der Waals surface area (Å²) in [4.78, 5) is 24.8. The van der Waals surface area contributed by atoms with Gasteiger partial charge in [-0.25, -0.2) is 0 Å². The monoisotopic (exact) mass is 371 g/mol. The maximum absolute atomic E-state index is 13.1. The first kappa shape index (κ1) is 16.8. The number of nitrogens with one attached hydrogen (secondary N) is 1. The molecular weight excluding hydrogens is 350 g/mol. The molecule has 0 atom stereocenters. The third kappa shape index (κ3) is 2.61. The van der Waals surface area contributed by atoms with E-state index in [0.717, 1.165) is 23.1 Å². The van der Waals surface area contributed by atoms with Gasteiger partial charge in [0.1, 0.15) is 11.4 Å². The van der Waals surface area contributed by atoms with Gasteiger partial charge in [0, 0.05) is 13.1 Å². The van der Waals surface area contributed by atoms with Crippen molar-refractivity contribution in [3.05, 3.63) is 34.6 Å². The van der Waals surface area contributed by atoms with Crippen LogP contribution in [0.1, 0.15) is 58.4 Å². The Kier molecular flexibility index (Phi) is 4.07. The first-order valence-corrected chi connectivity index (χ1v) is 9.58. The molecule has 3 heterocycles. The minimum atomic E-state index is -0.615. The van der Waals surface area contributed by atoms with Crippen molar-refractivity contribution in [1.82, 2.24) is 14.3 Å². The number of carbonyl (C=O) groups is 2. The second-order valence-corrected chi connectivity index (χ2v) is 7.71. The van der Waals surface area contributed by atoms with Crippen molar-refractivity contribution in [1.29, 1.82) is 0 Å². The molecule has 0 unspecified atom stereocenters. The van der Waals surface area contributed by atoms with E-state index in [1.54, 1.807) is 25.3 Å². The Balaban J connectivity index is 1.75. The van der Waals surface area contributed by atoms with Gasteiger partial charge in [0.2, 0.25) is 0 Å². The minimum Gasteiger partial charge on any atom is -0.364 e. The summed E-state index contributed by atoms with van der Waals surface area (Å²) >= 11 is 1.63. The summed E-state index contributed by atoms with van der Waals surface area (Å²) in [6, 6.07) is 4.34. The van der Waals surface area contributed by atoms with Crippen LogP contribution in [0, 0.1) is 6.92 Å². The molecule has 0 radical (unpaired) electrons. The maximum Gasteiger partial charge on any atom is 0.272 e. The molecule has 3 N–H and O–H groups in total. The van der Waals surface area contributed by atoms with E-state index in [0.29, 0.717) is 23.1 Å². The van der Waals surface area contributed by atoms with Crippen LogP contribution in [0.4, 0.5) is 5.69 Å². The number of hydrogen-bond donors (Lipinski definition) is 2. The van der Waals surface area contributed by atoms with E-state index in [-0.39, 0.29) is 11.6 Å². The molecule has 1 aliphatic carbocycles. The van der Waals surface area contributed by atoms with Crippen LogP contribution < -0.4 is 11.1 Å². The zero-order valence-electron chi connectivity index (χ0n) is 14.8. The van der Waals surface area contributed by atoms with E-state index in [1.807, 2.05) is 11.4 Å². The zero-order chi connectivity index (χ0) is 18.4. The highest BCUT2D eigenvalue weighted by molar-refractivity contribution is 7.17. The van der Waals surface area contributed by atoms with Crippen molar-refractivity contribution < 1.29 is 9.59 Å². The number of aryl methyl sites for hydroxylation is 2. The molecule has 8 heteroatoms. The third-order valence-corrected chi connectivity index (χ3v) is 5.93. The Labute approximate surface area is 154 Å². The molecule has 0 aromatic carbocycles. The van der Waals surface area contributed by atoms with Crippen LogP contribution >= 0.6 is 11.3 Å². The van der Waals surface area contributed by atoms with Crippen LogP contribution in [0.3, 0.4) is 0 Å². The van der Waals surface area contributed by atoms with Crippen LogP contribution in [0.15, 0.2) is 17.5 Å². The Morgan fingerprint density at radius 1 is 1.35 bits per heavy atom. The van der Waals surface area contributed by atoms with Gasteiger partial charge in [-0.3, -0.25) is 14.3 Å². The molecule has 0 bridgehead atoms. The topological polar surface area (TPSA) is 94.9 Å². The van der Waals surface area contributed by atoms with Crippen LogP contribution in [0.25, 0.3) is 10.2 Å². The van der Waals surface area contributed by atoms with E-state index >= 15 is 0 Å².